The highest BCUT2D eigenvalue weighted by molar-refractivity contribution is 7.80. The molecule has 0 aliphatic rings. The summed E-state index contributed by atoms with van der Waals surface area (Å²) in [5.74, 6) is -0.464. The molecule has 9 heteroatoms. The van der Waals surface area contributed by atoms with Crippen molar-refractivity contribution in [1.82, 2.24) is 15.8 Å². The van der Waals surface area contributed by atoms with Crippen LogP contribution in [0.1, 0.15) is 27.3 Å². The van der Waals surface area contributed by atoms with Gasteiger partial charge in [-0.3, -0.25) is 20.0 Å². The fourth-order valence-corrected chi connectivity index (χ4v) is 2.25. The van der Waals surface area contributed by atoms with Crippen LogP contribution in [-0.2, 0) is 4.74 Å². The number of anilines is 1. The number of ether oxygens (including phenoxy) is 1. The van der Waals surface area contributed by atoms with Gasteiger partial charge in [0.1, 0.15) is 0 Å². The summed E-state index contributed by atoms with van der Waals surface area (Å²) in [6, 6.07) is 9.69. The van der Waals surface area contributed by atoms with Crippen LogP contribution in [0.5, 0.6) is 0 Å². The summed E-state index contributed by atoms with van der Waals surface area (Å²) in [4.78, 5) is 24.2. The van der Waals surface area contributed by atoms with Crippen LogP contribution in [0.25, 0.3) is 0 Å². The van der Waals surface area contributed by atoms with Gasteiger partial charge in [0.05, 0.1) is 6.26 Å². The molecule has 0 atom stereocenters. The molecule has 144 valence electrons. The zero-order valence-corrected chi connectivity index (χ0v) is 16.0. The monoisotopic (exact) mass is 390 g/mol. The Labute approximate surface area is 162 Å². The van der Waals surface area contributed by atoms with Crippen LogP contribution in [0, 0.1) is 0 Å². The largest absolute Gasteiger partial charge is 0.459 e. The zero-order valence-electron chi connectivity index (χ0n) is 15.2. The van der Waals surface area contributed by atoms with Gasteiger partial charge in [0, 0.05) is 38.6 Å². The molecule has 0 bridgehead atoms. The number of furan rings is 1. The van der Waals surface area contributed by atoms with E-state index in [0.29, 0.717) is 29.5 Å². The molecule has 0 saturated heterocycles. The van der Waals surface area contributed by atoms with Crippen molar-refractivity contribution < 1.29 is 18.7 Å². The minimum atomic E-state index is -0.359. The van der Waals surface area contributed by atoms with Crippen LogP contribution in [0.3, 0.4) is 0 Å². The number of nitrogens with one attached hydrogen (secondary N) is 3. The summed E-state index contributed by atoms with van der Waals surface area (Å²) in [5.41, 5.74) is 3.66. The Hall–Kier alpha value is -2.91. The van der Waals surface area contributed by atoms with Crippen LogP contribution in [-0.4, -0.2) is 49.2 Å². The fourth-order valence-electron chi connectivity index (χ4n) is 2.10. The molecule has 8 nitrogen and oxygen atoms in total. The second kappa shape index (κ2) is 10.3. The highest BCUT2D eigenvalue weighted by Gasteiger charge is 2.12. The van der Waals surface area contributed by atoms with Crippen molar-refractivity contribution in [3.8, 4) is 0 Å². The molecular formula is C18H22N4O4S. The molecule has 2 rings (SSSR count). The van der Waals surface area contributed by atoms with E-state index in [1.54, 1.807) is 50.6 Å². The van der Waals surface area contributed by atoms with E-state index in [1.165, 1.54) is 11.3 Å². The molecule has 1 aromatic heterocycles. The van der Waals surface area contributed by atoms with E-state index in [-0.39, 0.29) is 17.6 Å². The minimum absolute atomic E-state index is 0.213. The lowest BCUT2D eigenvalue weighted by molar-refractivity contribution is 0.0886. The zero-order chi connectivity index (χ0) is 19.6. The highest BCUT2D eigenvalue weighted by Crippen LogP contribution is 2.12. The molecule has 0 aliphatic heterocycles. The molecule has 3 N–H and O–H groups in total. The SMILES string of the molecule is COCCCNC(=S)N(C)NC(=O)c1ccc(NC(=O)c2ccco2)cc1. The van der Waals surface area contributed by atoms with Crippen molar-refractivity contribution in [3.63, 3.8) is 0 Å². The number of carbonyl (C=O) groups excluding carboxylic acids is 2. The molecule has 2 aromatic rings. The van der Waals surface area contributed by atoms with Crippen LogP contribution in [0.4, 0.5) is 5.69 Å². The first-order chi connectivity index (χ1) is 13.0. The van der Waals surface area contributed by atoms with Crippen LogP contribution in [0.15, 0.2) is 47.1 Å². The predicted octanol–water partition coefficient (Wildman–Crippen LogP) is 2.02. The Morgan fingerprint density at radius 1 is 1.19 bits per heavy atom. The lowest BCUT2D eigenvalue weighted by Crippen LogP contribution is -2.48. The van der Waals surface area contributed by atoms with Gasteiger partial charge in [0.25, 0.3) is 11.8 Å². The Kier molecular flexibility index (Phi) is 7.78. The summed E-state index contributed by atoms with van der Waals surface area (Å²) in [5, 5.41) is 7.56. The Bertz CT molecular complexity index is 762. The summed E-state index contributed by atoms with van der Waals surface area (Å²) in [6.45, 7) is 1.28. The van der Waals surface area contributed by atoms with Gasteiger partial charge in [-0.2, -0.15) is 0 Å². The van der Waals surface area contributed by atoms with Crippen LogP contribution in [0.2, 0.25) is 0 Å². The lowest BCUT2D eigenvalue weighted by Gasteiger charge is -2.21. The van der Waals surface area contributed by atoms with Gasteiger partial charge < -0.3 is 19.8 Å². The van der Waals surface area contributed by atoms with Crippen molar-refractivity contribution in [2.24, 2.45) is 0 Å². The number of thiocarbonyl (C=S) groups is 1. The van der Waals surface area contributed by atoms with Crippen molar-refractivity contribution in [2.75, 3.05) is 32.6 Å². The van der Waals surface area contributed by atoms with Gasteiger partial charge in [-0.25, -0.2) is 0 Å². The van der Waals surface area contributed by atoms with Crippen molar-refractivity contribution >= 4 is 34.8 Å². The molecule has 0 unspecified atom stereocenters. The Morgan fingerprint density at radius 3 is 2.56 bits per heavy atom. The number of benzene rings is 1. The van der Waals surface area contributed by atoms with E-state index in [9.17, 15) is 9.59 Å². The van der Waals surface area contributed by atoms with E-state index >= 15 is 0 Å². The molecule has 0 spiro atoms. The third-order valence-electron chi connectivity index (χ3n) is 3.53. The lowest BCUT2D eigenvalue weighted by atomic mass is 10.2. The van der Waals surface area contributed by atoms with Crippen molar-refractivity contribution in [3.05, 3.63) is 54.0 Å². The second-order valence-corrected chi connectivity index (χ2v) is 5.97. The normalized spacial score (nSPS) is 10.1. The van der Waals surface area contributed by atoms with E-state index < -0.39 is 0 Å². The predicted molar refractivity (Wildman–Crippen MR) is 105 cm³/mol. The van der Waals surface area contributed by atoms with Gasteiger partial charge in [0.15, 0.2) is 10.9 Å². The van der Waals surface area contributed by atoms with Gasteiger partial charge in [-0.15, -0.1) is 0 Å². The second-order valence-electron chi connectivity index (χ2n) is 5.59. The number of hydrogen-bond donors (Lipinski definition) is 3. The standard InChI is InChI=1S/C18H22N4O4S/c1-22(18(27)19-10-4-11-25-2)21-16(23)13-6-8-14(9-7-13)20-17(24)15-5-3-12-26-15/h3,5-9,12H,4,10-11H2,1-2H3,(H,19,27)(H,20,24)(H,21,23). The fraction of sp³-hybridized carbons (Fsp3) is 0.278. The smallest absolute Gasteiger partial charge is 0.291 e. The number of amides is 2. The summed E-state index contributed by atoms with van der Waals surface area (Å²) < 4.78 is 9.99. The first-order valence-corrected chi connectivity index (χ1v) is 8.68. The number of hydrogen-bond acceptors (Lipinski definition) is 5. The van der Waals surface area contributed by atoms with Crippen molar-refractivity contribution in [2.45, 2.75) is 6.42 Å². The molecule has 1 heterocycles. The topological polar surface area (TPSA) is 95.8 Å². The summed E-state index contributed by atoms with van der Waals surface area (Å²) in [6.07, 6.45) is 2.24. The molecule has 0 fully saturated rings. The number of nitrogens with zero attached hydrogens (tertiary/aromatic N) is 1. The molecular weight excluding hydrogens is 368 g/mol. The molecule has 0 saturated carbocycles. The molecule has 0 aliphatic carbocycles. The maximum absolute atomic E-state index is 12.3. The van der Waals surface area contributed by atoms with Gasteiger partial charge in [0.2, 0.25) is 0 Å². The quantitative estimate of drug-likeness (QED) is 0.378. The Morgan fingerprint density at radius 2 is 1.93 bits per heavy atom. The number of rotatable bonds is 7. The minimum Gasteiger partial charge on any atom is -0.459 e. The average molecular weight is 390 g/mol. The maximum Gasteiger partial charge on any atom is 0.291 e. The molecule has 0 radical (unpaired) electrons. The first-order valence-electron chi connectivity index (χ1n) is 8.27. The van der Waals surface area contributed by atoms with E-state index in [2.05, 4.69) is 16.1 Å². The number of hydrazine groups is 1. The van der Waals surface area contributed by atoms with Crippen molar-refractivity contribution in [1.29, 1.82) is 0 Å². The summed E-state index contributed by atoms with van der Waals surface area (Å²) >= 11 is 5.20. The first kappa shape index (κ1) is 20.4. The summed E-state index contributed by atoms with van der Waals surface area (Å²) in [7, 11) is 3.29. The molecule has 27 heavy (non-hydrogen) atoms. The number of carbonyl (C=O) groups is 2. The molecule has 2 amide bonds. The third kappa shape index (κ3) is 6.39. The van der Waals surface area contributed by atoms with Gasteiger partial charge in [-0.05, 0) is 55.0 Å². The van der Waals surface area contributed by atoms with Crippen LogP contribution >= 0.6 is 12.2 Å². The van der Waals surface area contributed by atoms with E-state index in [4.69, 9.17) is 21.4 Å². The van der Waals surface area contributed by atoms with Crippen LogP contribution < -0.4 is 16.1 Å². The van der Waals surface area contributed by atoms with Gasteiger partial charge >= 0.3 is 0 Å². The van der Waals surface area contributed by atoms with E-state index in [0.717, 1.165) is 6.42 Å². The average Bonchev–Trinajstić information content (AvgIpc) is 3.20. The Balaban J connectivity index is 1.84. The van der Waals surface area contributed by atoms with E-state index in [1.807, 2.05) is 0 Å². The number of methoxy groups -OCH3 is 1. The van der Waals surface area contributed by atoms with Gasteiger partial charge in [-0.1, -0.05) is 0 Å². The maximum atomic E-state index is 12.3. The molecule has 1 aromatic carbocycles. The highest BCUT2D eigenvalue weighted by atomic mass is 32.1. The third-order valence-corrected chi connectivity index (χ3v) is 3.94.